The van der Waals surface area contributed by atoms with E-state index in [1.807, 2.05) is 18.2 Å². The number of halogens is 1. The first-order chi connectivity index (χ1) is 13.5. The van der Waals surface area contributed by atoms with Crippen LogP contribution >= 0.6 is 11.6 Å². The van der Waals surface area contributed by atoms with Crippen LogP contribution in [0.3, 0.4) is 0 Å². The van der Waals surface area contributed by atoms with Crippen LogP contribution in [0.15, 0.2) is 52.4 Å². The summed E-state index contributed by atoms with van der Waals surface area (Å²) in [5.41, 5.74) is 1.01. The first-order valence-corrected chi connectivity index (χ1v) is 10.4. The molecule has 3 N–H and O–H groups in total. The van der Waals surface area contributed by atoms with Gasteiger partial charge in [-0.15, -0.1) is 0 Å². The summed E-state index contributed by atoms with van der Waals surface area (Å²) in [5.74, 6) is 2.01. The van der Waals surface area contributed by atoms with Crippen LogP contribution in [0.2, 0.25) is 5.02 Å². The number of sulfonamides is 1. The Morgan fingerprint density at radius 3 is 2.71 bits per heavy atom. The molecule has 8 nitrogen and oxygen atoms in total. The minimum Gasteiger partial charge on any atom is -0.454 e. The number of hydrogen-bond donors (Lipinski definition) is 3. The highest BCUT2D eigenvalue weighted by Gasteiger charge is 2.14. The number of ether oxygens (including phenoxy) is 2. The third-order valence-electron chi connectivity index (χ3n) is 3.94. The Morgan fingerprint density at radius 2 is 1.93 bits per heavy atom. The maximum absolute atomic E-state index is 12.2. The van der Waals surface area contributed by atoms with Gasteiger partial charge in [-0.25, -0.2) is 13.1 Å². The molecule has 0 fully saturated rings. The summed E-state index contributed by atoms with van der Waals surface area (Å²) in [6, 6.07) is 11.8. The molecule has 0 saturated heterocycles. The van der Waals surface area contributed by atoms with Gasteiger partial charge in [-0.3, -0.25) is 4.99 Å². The first-order valence-electron chi connectivity index (χ1n) is 8.56. The average Bonchev–Trinajstić information content (AvgIpc) is 3.15. The number of hydrogen-bond acceptors (Lipinski definition) is 5. The molecule has 0 radical (unpaired) electrons. The second-order valence-corrected chi connectivity index (χ2v) is 8.10. The van der Waals surface area contributed by atoms with E-state index in [1.54, 1.807) is 19.2 Å². The van der Waals surface area contributed by atoms with Gasteiger partial charge in [0.25, 0.3) is 0 Å². The number of guanidine groups is 1. The van der Waals surface area contributed by atoms with E-state index < -0.39 is 10.0 Å². The van der Waals surface area contributed by atoms with Gasteiger partial charge in [0.05, 0.1) is 4.90 Å². The van der Waals surface area contributed by atoms with Gasteiger partial charge in [0, 0.05) is 31.7 Å². The SMILES string of the molecule is CN=C(NCCNS(=O)(=O)c1cccc(Cl)c1)NCc1ccc2c(c1)OCO2. The van der Waals surface area contributed by atoms with Crippen molar-refractivity contribution in [3.63, 3.8) is 0 Å². The summed E-state index contributed by atoms with van der Waals surface area (Å²) < 4.78 is 37.6. The number of aliphatic imine (C=N–C) groups is 1. The normalized spacial score (nSPS) is 13.4. The van der Waals surface area contributed by atoms with Crippen molar-refractivity contribution < 1.29 is 17.9 Å². The standard InChI is InChI=1S/C18H21ClN4O4S/c1-20-18(22-11-13-5-6-16-17(9-13)27-12-26-16)21-7-8-23-28(24,25)15-4-2-3-14(19)10-15/h2-6,9-10,23H,7-8,11-12H2,1H3,(H2,20,21,22). The quantitative estimate of drug-likeness (QED) is 0.355. The van der Waals surface area contributed by atoms with Crippen LogP contribution in [0.1, 0.15) is 5.56 Å². The Morgan fingerprint density at radius 1 is 1.11 bits per heavy atom. The van der Waals surface area contributed by atoms with Gasteiger partial charge >= 0.3 is 0 Å². The molecule has 3 rings (SSSR count). The fourth-order valence-electron chi connectivity index (χ4n) is 2.54. The van der Waals surface area contributed by atoms with Crippen molar-refractivity contribution in [3.8, 4) is 11.5 Å². The molecule has 1 aliphatic rings. The van der Waals surface area contributed by atoms with Gasteiger partial charge in [0.15, 0.2) is 17.5 Å². The van der Waals surface area contributed by atoms with Crippen molar-refractivity contribution in [3.05, 3.63) is 53.1 Å². The minimum absolute atomic E-state index is 0.130. The van der Waals surface area contributed by atoms with Crippen molar-refractivity contribution >= 4 is 27.6 Å². The van der Waals surface area contributed by atoms with Gasteiger partial charge in [-0.2, -0.15) is 0 Å². The Balaban J connectivity index is 1.44. The molecule has 1 heterocycles. The van der Waals surface area contributed by atoms with E-state index in [1.165, 1.54) is 12.1 Å². The van der Waals surface area contributed by atoms with Crippen molar-refractivity contribution in [1.82, 2.24) is 15.4 Å². The molecule has 0 aliphatic carbocycles. The second kappa shape index (κ2) is 9.13. The monoisotopic (exact) mass is 424 g/mol. The molecular formula is C18H21ClN4O4S. The lowest BCUT2D eigenvalue weighted by Gasteiger charge is -2.13. The number of rotatable bonds is 7. The number of fused-ring (bicyclic) bond motifs is 1. The topological polar surface area (TPSA) is 101 Å². The predicted molar refractivity (Wildman–Crippen MR) is 107 cm³/mol. The van der Waals surface area contributed by atoms with Crippen LogP contribution in [0, 0.1) is 0 Å². The first kappa shape index (κ1) is 20.2. The van der Waals surface area contributed by atoms with E-state index in [0.29, 0.717) is 24.1 Å². The zero-order chi connectivity index (χ0) is 20.0. The molecule has 1 aliphatic heterocycles. The van der Waals surface area contributed by atoms with Crippen LogP contribution in [-0.2, 0) is 16.6 Å². The molecule has 0 spiro atoms. The molecule has 0 bridgehead atoms. The summed E-state index contributed by atoms with van der Waals surface area (Å²) in [6.07, 6.45) is 0. The lowest BCUT2D eigenvalue weighted by molar-refractivity contribution is 0.174. The van der Waals surface area contributed by atoms with Gasteiger partial charge in [0.2, 0.25) is 16.8 Å². The molecule has 10 heteroatoms. The fraction of sp³-hybridized carbons (Fsp3) is 0.278. The predicted octanol–water partition coefficient (Wildman–Crippen LogP) is 1.71. The van der Waals surface area contributed by atoms with Gasteiger partial charge in [0.1, 0.15) is 0 Å². The summed E-state index contributed by atoms with van der Waals surface area (Å²) in [4.78, 5) is 4.25. The molecule has 0 atom stereocenters. The zero-order valence-electron chi connectivity index (χ0n) is 15.2. The molecule has 0 saturated carbocycles. The maximum Gasteiger partial charge on any atom is 0.240 e. The zero-order valence-corrected chi connectivity index (χ0v) is 16.8. The third kappa shape index (κ3) is 5.28. The minimum atomic E-state index is -3.61. The molecule has 0 unspecified atom stereocenters. The van der Waals surface area contributed by atoms with Gasteiger partial charge in [-0.1, -0.05) is 23.7 Å². The van der Waals surface area contributed by atoms with Crippen LogP contribution in [0.5, 0.6) is 11.5 Å². The molecule has 0 amide bonds. The third-order valence-corrected chi connectivity index (χ3v) is 5.63. The molecule has 2 aromatic carbocycles. The van der Waals surface area contributed by atoms with Crippen molar-refractivity contribution in [1.29, 1.82) is 0 Å². The Labute approximate surface area is 169 Å². The van der Waals surface area contributed by atoms with E-state index in [-0.39, 0.29) is 18.2 Å². The molecule has 28 heavy (non-hydrogen) atoms. The maximum atomic E-state index is 12.2. The number of nitrogens with zero attached hydrogens (tertiary/aromatic N) is 1. The average molecular weight is 425 g/mol. The van der Waals surface area contributed by atoms with E-state index in [0.717, 1.165) is 17.1 Å². The van der Waals surface area contributed by atoms with Crippen LogP contribution < -0.4 is 24.8 Å². The van der Waals surface area contributed by atoms with Gasteiger partial charge < -0.3 is 20.1 Å². The highest BCUT2D eigenvalue weighted by molar-refractivity contribution is 7.89. The Kier molecular flexibility index (Phi) is 6.61. The summed E-state index contributed by atoms with van der Waals surface area (Å²) in [7, 11) is -1.97. The fourth-order valence-corrected chi connectivity index (χ4v) is 3.87. The van der Waals surface area contributed by atoms with Crippen LogP contribution in [-0.4, -0.2) is 41.3 Å². The van der Waals surface area contributed by atoms with E-state index in [4.69, 9.17) is 21.1 Å². The smallest absolute Gasteiger partial charge is 0.240 e. The Bertz CT molecular complexity index is 966. The van der Waals surface area contributed by atoms with Gasteiger partial charge in [-0.05, 0) is 35.9 Å². The molecule has 0 aromatic heterocycles. The number of nitrogens with one attached hydrogen (secondary N) is 3. The highest BCUT2D eigenvalue weighted by atomic mass is 35.5. The summed E-state index contributed by atoms with van der Waals surface area (Å²) in [6.45, 7) is 1.32. The van der Waals surface area contributed by atoms with E-state index >= 15 is 0 Å². The van der Waals surface area contributed by atoms with Crippen LogP contribution in [0.25, 0.3) is 0 Å². The largest absolute Gasteiger partial charge is 0.454 e. The lowest BCUT2D eigenvalue weighted by Crippen LogP contribution is -2.41. The van der Waals surface area contributed by atoms with E-state index in [9.17, 15) is 8.42 Å². The molecule has 2 aromatic rings. The highest BCUT2D eigenvalue weighted by Crippen LogP contribution is 2.32. The second-order valence-electron chi connectivity index (χ2n) is 5.90. The molecule has 150 valence electrons. The Hall–Kier alpha value is -2.49. The summed E-state index contributed by atoms with van der Waals surface area (Å²) in [5, 5.41) is 6.59. The number of benzene rings is 2. The molecular weight excluding hydrogens is 404 g/mol. The summed E-state index contributed by atoms with van der Waals surface area (Å²) >= 11 is 5.85. The van der Waals surface area contributed by atoms with Crippen molar-refractivity contribution in [2.75, 3.05) is 26.9 Å². The van der Waals surface area contributed by atoms with Crippen LogP contribution in [0.4, 0.5) is 0 Å². The van der Waals surface area contributed by atoms with Crippen molar-refractivity contribution in [2.24, 2.45) is 4.99 Å². The lowest BCUT2D eigenvalue weighted by atomic mass is 10.2. The van der Waals surface area contributed by atoms with E-state index in [2.05, 4.69) is 20.3 Å². The van der Waals surface area contributed by atoms with Crippen molar-refractivity contribution in [2.45, 2.75) is 11.4 Å².